The summed E-state index contributed by atoms with van der Waals surface area (Å²) in [6.07, 6.45) is 0.644. The molecule has 1 aromatic heterocycles. The zero-order chi connectivity index (χ0) is 20.2. The lowest BCUT2D eigenvalue weighted by Gasteiger charge is -2.15. The van der Waals surface area contributed by atoms with Crippen molar-refractivity contribution in [1.29, 1.82) is 0 Å². The molecule has 5 rings (SSSR count). The fraction of sp³-hybridized carbons (Fsp3) is 0.143. The molecule has 1 N–H and O–H groups in total. The van der Waals surface area contributed by atoms with Crippen LogP contribution in [0.3, 0.4) is 0 Å². The smallest absolute Gasteiger partial charge is 0.263 e. The summed E-state index contributed by atoms with van der Waals surface area (Å²) in [5.74, 6) is -0.0424. The van der Waals surface area contributed by atoms with E-state index < -0.39 is 10.0 Å². The number of carbonyl (C=O) groups is 1. The average Bonchev–Trinajstić information content (AvgIpc) is 3.30. The second kappa shape index (κ2) is 6.53. The topological polar surface area (TPSA) is 79.4 Å². The van der Waals surface area contributed by atoms with Crippen molar-refractivity contribution in [2.45, 2.75) is 18.2 Å². The van der Waals surface area contributed by atoms with Gasteiger partial charge in [0, 0.05) is 24.5 Å². The number of fused-ring (bicyclic) bond motifs is 4. The molecule has 1 aliphatic rings. The van der Waals surface area contributed by atoms with Gasteiger partial charge in [0.1, 0.15) is 0 Å². The second-order valence-electron chi connectivity index (χ2n) is 6.97. The lowest BCUT2D eigenvalue weighted by atomic mass is 10.1. The van der Waals surface area contributed by atoms with E-state index >= 15 is 0 Å². The molecule has 3 aromatic carbocycles. The molecule has 29 heavy (non-hydrogen) atoms. The number of benzene rings is 3. The molecule has 1 amide bonds. The van der Waals surface area contributed by atoms with Crippen molar-refractivity contribution in [3.05, 3.63) is 60.2 Å². The third-order valence-corrected chi connectivity index (χ3v) is 7.54. The number of rotatable bonds is 3. The Kier molecular flexibility index (Phi) is 4.07. The van der Waals surface area contributed by atoms with Crippen LogP contribution in [0.2, 0.25) is 0 Å². The van der Waals surface area contributed by atoms with Crippen molar-refractivity contribution in [1.82, 2.24) is 4.98 Å². The number of hydrogen-bond acceptors (Lipinski definition) is 5. The minimum atomic E-state index is -3.78. The molecule has 0 aliphatic carbocycles. The molecular formula is C21H17N3O3S2. The van der Waals surface area contributed by atoms with Crippen molar-refractivity contribution in [2.75, 3.05) is 16.2 Å². The molecule has 0 spiro atoms. The third-order valence-electron chi connectivity index (χ3n) is 5.14. The summed E-state index contributed by atoms with van der Waals surface area (Å²) in [5.41, 5.74) is 2.43. The molecule has 1 aliphatic heterocycles. The average molecular weight is 424 g/mol. The summed E-state index contributed by atoms with van der Waals surface area (Å²) < 4.78 is 29.4. The molecule has 0 saturated heterocycles. The van der Waals surface area contributed by atoms with Gasteiger partial charge in [-0.1, -0.05) is 41.7 Å². The monoisotopic (exact) mass is 423 g/mol. The van der Waals surface area contributed by atoms with E-state index in [1.165, 1.54) is 24.3 Å². The Morgan fingerprint density at radius 3 is 2.79 bits per heavy atom. The first kappa shape index (κ1) is 18.1. The Morgan fingerprint density at radius 2 is 1.97 bits per heavy atom. The van der Waals surface area contributed by atoms with Gasteiger partial charge in [-0.05, 0) is 41.6 Å². The molecule has 0 atom stereocenters. The normalized spacial score (nSPS) is 13.8. The van der Waals surface area contributed by atoms with Crippen molar-refractivity contribution >= 4 is 59.1 Å². The summed E-state index contributed by atoms with van der Waals surface area (Å²) in [5, 5.41) is 2.39. The molecule has 6 nitrogen and oxygen atoms in total. The van der Waals surface area contributed by atoms with Crippen LogP contribution >= 0.6 is 11.3 Å². The lowest BCUT2D eigenvalue weighted by Crippen LogP contribution is -2.25. The molecule has 0 bridgehead atoms. The molecule has 146 valence electrons. The molecule has 8 heteroatoms. The van der Waals surface area contributed by atoms with Crippen molar-refractivity contribution in [2.24, 2.45) is 0 Å². The van der Waals surface area contributed by atoms with E-state index in [9.17, 15) is 13.2 Å². The number of aromatic nitrogens is 1. The van der Waals surface area contributed by atoms with Crippen LogP contribution in [0.5, 0.6) is 0 Å². The van der Waals surface area contributed by atoms with Gasteiger partial charge in [0.2, 0.25) is 5.91 Å². The molecule has 4 aromatic rings. The fourth-order valence-electron chi connectivity index (χ4n) is 3.75. The first-order valence-corrected chi connectivity index (χ1v) is 11.4. The number of nitrogens with one attached hydrogen (secondary N) is 1. The predicted octanol–water partition coefficient (Wildman–Crippen LogP) is 4.16. The predicted molar refractivity (Wildman–Crippen MR) is 116 cm³/mol. The summed E-state index contributed by atoms with van der Waals surface area (Å²) >= 11 is 1.31. The van der Waals surface area contributed by atoms with Gasteiger partial charge >= 0.3 is 0 Å². The van der Waals surface area contributed by atoms with Crippen LogP contribution in [0.1, 0.15) is 12.5 Å². The van der Waals surface area contributed by atoms with Gasteiger partial charge in [0.05, 0.1) is 15.1 Å². The van der Waals surface area contributed by atoms with Crippen molar-refractivity contribution in [3.63, 3.8) is 0 Å². The zero-order valence-corrected chi connectivity index (χ0v) is 17.2. The number of sulfonamides is 1. The van der Waals surface area contributed by atoms with E-state index in [0.29, 0.717) is 18.1 Å². The number of nitrogens with zero attached hydrogens (tertiary/aromatic N) is 2. The maximum absolute atomic E-state index is 12.9. The minimum absolute atomic E-state index is 0.0424. The molecule has 2 heterocycles. The summed E-state index contributed by atoms with van der Waals surface area (Å²) in [6, 6.07) is 16.7. The van der Waals surface area contributed by atoms with Crippen LogP contribution in [0.15, 0.2) is 59.5 Å². The summed E-state index contributed by atoms with van der Waals surface area (Å²) in [7, 11) is -3.78. The van der Waals surface area contributed by atoms with Crippen LogP contribution in [-0.2, 0) is 21.2 Å². The van der Waals surface area contributed by atoms with Gasteiger partial charge in [0.25, 0.3) is 10.0 Å². The third kappa shape index (κ3) is 3.04. The highest BCUT2D eigenvalue weighted by Gasteiger charge is 2.25. The van der Waals surface area contributed by atoms with E-state index in [4.69, 9.17) is 0 Å². The Labute approximate surface area is 171 Å². The van der Waals surface area contributed by atoms with Crippen molar-refractivity contribution in [3.8, 4) is 0 Å². The largest absolute Gasteiger partial charge is 0.312 e. The first-order chi connectivity index (χ1) is 13.9. The van der Waals surface area contributed by atoms with Gasteiger partial charge in [-0.25, -0.2) is 13.4 Å². The van der Waals surface area contributed by atoms with Gasteiger partial charge in [0.15, 0.2) is 5.13 Å². The highest BCUT2D eigenvalue weighted by molar-refractivity contribution is 7.93. The number of hydrogen-bond donors (Lipinski definition) is 1. The molecule has 0 fully saturated rings. The Hall–Kier alpha value is -2.97. The van der Waals surface area contributed by atoms with Crippen LogP contribution in [0.4, 0.5) is 10.8 Å². The molecule has 0 radical (unpaired) electrons. The van der Waals surface area contributed by atoms with E-state index in [0.717, 1.165) is 32.2 Å². The fourth-order valence-corrected chi connectivity index (χ4v) is 5.92. The Morgan fingerprint density at radius 1 is 1.14 bits per heavy atom. The van der Waals surface area contributed by atoms with E-state index in [1.807, 2.05) is 36.4 Å². The van der Waals surface area contributed by atoms with E-state index in [1.54, 1.807) is 17.0 Å². The standard InChI is InChI=1S/C21H17N3O3S2/c1-13(25)24-11-10-15-12-16(7-8-18(15)24)29(26,27)23-21-22-20-17-5-3-2-4-14(17)6-9-19(20)28-21/h2-9,12H,10-11H2,1H3,(H,22,23). The molecular weight excluding hydrogens is 406 g/mol. The van der Waals surface area contributed by atoms with E-state index in [-0.39, 0.29) is 10.8 Å². The van der Waals surface area contributed by atoms with Gasteiger partial charge in [-0.15, -0.1) is 0 Å². The maximum atomic E-state index is 12.9. The van der Waals surface area contributed by atoms with Crippen LogP contribution in [-0.4, -0.2) is 25.9 Å². The maximum Gasteiger partial charge on any atom is 0.263 e. The van der Waals surface area contributed by atoms with E-state index in [2.05, 4.69) is 9.71 Å². The SMILES string of the molecule is CC(=O)N1CCc2cc(S(=O)(=O)Nc3nc4c(ccc5ccccc54)s3)ccc21. The number of anilines is 2. The van der Waals surface area contributed by atoms with Gasteiger partial charge in [-0.3, -0.25) is 9.52 Å². The van der Waals surface area contributed by atoms with Crippen LogP contribution in [0.25, 0.3) is 21.0 Å². The lowest BCUT2D eigenvalue weighted by molar-refractivity contribution is -0.116. The molecule has 0 saturated carbocycles. The minimum Gasteiger partial charge on any atom is -0.312 e. The number of carbonyl (C=O) groups excluding carboxylic acids is 1. The Balaban J connectivity index is 1.50. The highest BCUT2D eigenvalue weighted by atomic mass is 32.2. The molecule has 0 unspecified atom stereocenters. The second-order valence-corrected chi connectivity index (χ2v) is 9.68. The van der Waals surface area contributed by atoms with Crippen LogP contribution in [0, 0.1) is 0 Å². The first-order valence-electron chi connectivity index (χ1n) is 9.14. The van der Waals surface area contributed by atoms with Gasteiger partial charge in [-0.2, -0.15) is 0 Å². The Bertz CT molecular complexity index is 1390. The summed E-state index contributed by atoms with van der Waals surface area (Å²) in [6.45, 7) is 2.09. The quantitative estimate of drug-likeness (QED) is 0.537. The van der Waals surface area contributed by atoms with Crippen molar-refractivity contribution < 1.29 is 13.2 Å². The number of thiazole rings is 1. The number of amides is 1. The highest BCUT2D eigenvalue weighted by Crippen LogP contribution is 2.34. The van der Waals surface area contributed by atoms with Crippen LogP contribution < -0.4 is 9.62 Å². The van der Waals surface area contributed by atoms with Gasteiger partial charge < -0.3 is 4.90 Å². The summed E-state index contributed by atoms with van der Waals surface area (Å²) in [4.78, 5) is 18.1. The zero-order valence-electron chi connectivity index (χ0n) is 15.5.